The molecule has 2 aromatic carbocycles. The highest BCUT2D eigenvalue weighted by Crippen LogP contribution is 2.27. The summed E-state index contributed by atoms with van der Waals surface area (Å²) < 4.78 is 11.2. The van der Waals surface area contributed by atoms with Gasteiger partial charge in [-0.15, -0.1) is 11.3 Å². The number of rotatable bonds is 10. The third-order valence-corrected chi connectivity index (χ3v) is 6.71. The normalized spacial score (nSPS) is 14.9. The van der Waals surface area contributed by atoms with E-state index >= 15 is 0 Å². The maximum atomic E-state index is 12.5. The molecule has 6 nitrogen and oxygen atoms in total. The van der Waals surface area contributed by atoms with E-state index in [0.717, 1.165) is 46.4 Å². The molecule has 0 aliphatic carbocycles. The molecule has 7 heteroatoms. The first-order valence-electron chi connectivity index (χ1n) is 11.6. The van der Waals surface area contributed by atoms with E-state index in [0.29, 0.717) is 13.2 Å². The molecule has 4 rings (SSSR count). The Labute approximate surface area is 205 Å². The Morgan fingerprint density at radius 1 is 1.18 bits per heavy atom. The van der Waals surface area contributed by atoms with Crippen LogP contribution in [-0.4, -0.2) is 42.5 Å². The molecule has 0 bridgehead atoms. The third-order valence-electron chi connectivity index (χ3n) is 5.89. The number of aromatic nitrogens is 1. The van der Waals surface area contributed by atoms with Crippen LogP contribution in [0, 0.1) is 6.92 Å². The number of hydrogen-bond donors (Lipinski definition) is 1. The van der Waals surface area contributed by atoms with Gasteiger partial charge in [0.25, 0.3) is 0 Å². The fourth-order valence-electron chi connectivity index (χ4n) is 4.09. The Morgan fingerprint density at radius 2 is 1.97 bits per heavy atom. The van der Waals surface area contributed by atoms with E-state index in [2.05, 4.69) is 27.3 Å². The zero-order chi connectivity index (χ0) is 23.8. The van der Waals surface area contributed by atoms with Gasteiger partial charge in [0.15, 0.2) is 0 Å². The van der Waals surface area contributed by atoms with E-state index in [9.17, 15) is 4.79 Å². The quantitative estimate of drug-likeness (QED) is 0.416. The summed E-state index contributed by atoms with van der Waals surface area (Å²) in [7, 11) is 1.68. The topological polar surface area (TPSA) is 63.7 Å². The fraction of sp³-hybridized carbons (Fsp3) is 0.333. The summed E-state index contributed by atoms with van der Waals surface area (Å²) in [6, 6.07) is 15.9. The molecule has 1 saturated heterocycles. The standard InChI is InChI=1S/C27H31N3O3S/c1-20-29-23(19-34-20)18-33-24-11-8-21(9-12-24)10-13-27(31)28-17-26(30-14-3-4-15-30)22-6-5-7-25(16-22)32-2/h5-13,16,19,26H,3-4,14-15,17-18H2,1-2H3,(H,28,31)/b13-10+. The molecule has 1 aliphatic heterocycles. The molecular formula is C27H31N3O3S. The Kier molecular flexibility index (Phi) is 8.33. The van der Waals surface area contributed by atoms with E-state index in [1.165, 1.54) is 12.8 Å². The number of nitrogens with one attached hydrogen (secondary N) is 1. The number of aryl methyl sites for hydroxylation is 1. The van der Waals surface area contributed by atoms with E-state index in [4.69, 9.17) is 9.47 Å². The van der Waals surface area contributed by atoms with Crippen LogP contribution in [0.2, 0.25) is 0 Å². The van der Waals surface area contributed by atoms with Crippen molar-refractivity contribution in [3.05, 3.63) is 81.8 Å². The first-order chi connectivity index (χ1) is 16.6. The second kappa shape index (κ2) is 11.8. The molecule has 1 amide bonds. The van der Waals surface area contributed by atoms with Crippen LogP contribution >= 0.6 is 11.3 Å². The van der Waals surface area contributed by atoms with Crippen molar-refractivity contribution in [3.63, 3.8) is 0 Å². The smallest absolute Gasteiger partial charge is 0.244 e. The van der Waals surface area contributed by atoms with Crippen molar-refractivity contribution in [1.29, 1.82) is 0 Å². The number of amides is 1. The first kappa shape index (κ1) is 24.0. The monoisotopic (exact) mass is 477 g/mol. The number of likely N-dealkylation sites (tertiary alicyclic amines) is 1. The van der Waals surface area contributed by atoms with Gasteiger partial charge in [-0.05, 0) is 74.3 Å². The SMILES string of the molecule is COc1cccc(C(CNC(=O)/C=C/c2ccc(OCc3csc(C)n3)cc2)N2CCCC2)c1. The van der Waals surface area contributed by atoms with Crippen LogP contribution in [0.15, 0.2) is 60.0 Å². The number of carbonyl (C=O) groups excluding carboxylic acids is 1. The second-order valence-corrected chi connectivity index (χ2v) is 9.39. The van der Waals surface area contributed by atoms with Crippen molar-refractivity contribution in [2.45, 2.75) is 32.4 Å². The van der Waals surface area contributed by atoms with Crippen molar-refractivity contribution in [2.24, 2.45) is 0 Å². The summed E-state index contributed by atoms with van der Waals surface area (Å²) in [5.74, 6) is 1.51. The van der Waals surface area contributed by atoms with Gasteiger partial charge in [-0.3, -0.25) is 9.69 Å². The van der Waals surface area contributed by atoms with Gasteiger partial charge in [-0.2, -0.15) is 0 Å². The van der Waals surface area contributed by atoms with E-state index in [-0.39, 0.29) is 11.9 Å². The zero-order valence-electron chi connectivity index (χ0n) is 19.7. The lowest BCUT2D eigenvalue weighted by Crippen LogP contribution is -2.36. The average molecular weight is 478 g/mol. The molecule has 0 spiro atoms. The summed E-state index contributed by atoms with van der Waals surface area (Å²) in [5, 5.41) is 6.12. The highest BCUT2D eigenvalue weighted by molar-refractivity contribution is 7.09. The largest absolute Gasteiger partial charge is 0.497 e. The molecule has 1 aliphatic rings. The number of carbonyl (C=O) groups is 1. The Hall–Kier alpha value is -3.16. The molecule has 0 radical (unpaired) electrons. The summed E-state index contributed by atoms with van der Waals surface area (Å²) in [4.78, 5) is 19.4. The third kappa shape index (κ3) is 6.68. The van der Waals surface area contributed by atoms with Gasteiger partial charge < -0.3 is 14.8 Å². The average Bonchev–Trinajstić information content (AvgIpc) is 3.54. The maximum Gasteiger partial charge on any atom is 0.244 e. The van der Waals surface area contributed by atoms with Gasteiger partial charge in [0.2, 0.25) is 5.91 Å². The number of nitrogens with zero attached hydrogens (tertiary/aromatic N) is 2. The van der Waals surface area contributed by atoms with Gasteiger partial charge in [-0.1, -0.05) is 24.3 Å². The minimum absolute atomic E-state index is 0.105. The van der Waals surface area contributed by atoms with Crippen LogP contribution in [0.3, 0.4) is 0 Å². The molecular weight excluding hydrogens is 446 g/mol. The Morgan fingerprint density at radius 3 is 2.68 bits per heavy atom. The van der Waals surface area contributed by atoms with Crippen LogP contribution in [0.25, 0.3) is 6.08 Å². The first-order valence-corrected chi connectivity index (χ1v) is 12.5. The van der Waals surface area contributed by atoms with Gasteiger partial charge in [0.05, 0.1) is 23.9 Å². The van der Waals surface area contributed by atoms with Crippen LogP contribution < -0.4 is 14.8 Å². The number of benzene rings is 2. The minimum Gasteiger partial charge on any atom is -0.497 e. The van der Waals surface area contributed by atoms with Crippen molar-refractivity contribution in [1.82, 2.24) is 15.2 Å². The summed E-state index contributed by atoms with van der Waals surface area (Å²) in [6.07, 6.45) is 5.79. The van der Waals surface area contributed by atoms with Crippen LogP contribution in [-0.2, 0) is 11.4 Å². The lowest BCUT2D eigenvalue weighted by Gasteiger charge is -2.28. The molecule has 1 fully saturated rings. The highest BCUT2D eigenvalue weighted by atomic mass is 32.1. The summed E-state index contributed by atoms with van der Waals surface area (Å²) in [6.45, 7) is 5.08. The predicted molar refractivity (Wildman–Crippen MR) is 136 cm³/mol. The Balaban J connectivity index is 1.31. The van der Waals surface area contributed by atoms with Crippen molar-refractivity contribution >= 4 is 23.3 Å². The molecule has 1 unspecified atom stereocenters. The van der Waals surface area contributed by atoms with Crippen LogP contribution in [0.1, 0.15) is 40.7 Å². The van der Waals surface area contributed by atoms with E-state index in [1.54, 1.807) is 24.5 Å². The van der Waals surface area contributed by atoms with Gasteiger partial charge in [0, 0.05) is 18.0 Å². The lowest BCUT2D eigenvalue weighted by molar-refractivity contribution is -0.116. The maximum absolute atomic E-state index is 12.5. The minimum atomic E-state index is -0.105. The second-order valence-electron chi connectivity index (χ2n) is 8.33. The molecule has 1 aromatic heterocycles. The molecule has 1 atom stereocenters. The Bertz CT molecular complexity index is 1100. The van der Waals surface area contributed by atoms with Crippen molar-refractivity contribution in [3.8, 4) is 11.5 Å². The number of ether oxygens (including phenoxy) is 2. The fourth-order valence-corrected chi connectivity index (χ4v) is 4.69. The van der Waals surface area contributed by atoms with Gasteiger partial charge in [0.1, 0.15) is 18.1 Å². The van der Waals surface area contributed by atoms with Crippen molar-refractivity contribution in [2.75, 3.05) is 26.7 Å². The highest BCUT2D eigenvalue weighted by Gasteiger charge is 2.24. The zero-order valence-corrected chi connectivity index (χ0v) is 20.5. The van der Waals surface area contributed by atoms with Crippen LogP contribution in [0.5, 0.6) is 11.5 Å². The molecule has 3 aromatic rings. The summed E-state index contributed by atoms with van der Waals surface area (Å²) in [5.41, 5.74) is 3.04. The van der Waals surface area contributed by atoms with Crippen molar-refractivity contribution < 1.29 is 14.3 Å². The van der Waals surface area contributed by atoms with E-state index < -0.39 is 0 Å². The van der Waals surface area contributed by atoms with Gasteiger partial charge in [-0.25, -0.2) is 4.98 Å². The van der Waals surface area contributed by atoms with Gasteiger partial charge >= 0.3 is 0 Å². The molecule has 0 saturated carbocycles. The number of methoxy groups -OCH3 is 1. The molecule has 1 N–H and O–H groups in total. The van der Waals surface area contributed by atoms with Crippen LogP contribution in [0.4, 0.5) is 0 Å². The number of hydrogen-bond acceptors (Lipinski definition) is 6. The number of thiazole rings is 1. The lowest BCUT2D eigenvalue weighted by atomic mass is 10.0. The molecule has 34 heavy (non-hydrogen) atoms. The summed E-state index contributed by atoms with van der Waals surface area (Å²) >= 11 is 1.62. The molecule has 2 heterocycles. The molecule has 178 valence electrons. The predicted octanol–water partition coefficient (Wildman–Crippen LogP) is 5.01. The van der Waals surface area contributed by atoms with E-state index in [1.807, 2.05) is 54.8 Å².